The van der Waals surface area contributed by atoms with E-state index in [9.17, 15) is 14.4 Å². The van der Waals surface area contributed by atoms with Crippen LogP contribution in [0, 0.1) is 0 Å². The number of ether oxygens (including phenoxy) is 1. The normalized spacial score (nSPS) is 13.6. The van der Waals surface area contributed by atoms with E-state index in [-0.39, 0.29) is 23.9 Å². The summed E-state index contributed by atoms with van der Waals surface area (Å²) in [5, 5.41) is 4.36. The summed E-state index contributed by atoms with van der Waals surface area (Å²) in [5.74, 6) is -0.428. The second-order valence-electron chi connectivity index (χ2n) is 4.66. The number of rotatable bonds is 4. The number of carbonyl (C=O) groups excluding carboxylic acids is 1. The van der Waals surface area contributed by atoms with Crippen LogP contribution in [0.4, 0.5) is 11.4 Å². The van der Waals surface area contributed by atoms with E-state index in [0.717, 1.165) is 5.06 Å². The molecular weight excluding hydrogens is 312 g/mol. The first-order chi connectivity index (χ1) is 10.5. The first-order valence-electron chi connectivity index (χ1n) is 6.31. The molecule has 1 aliphatic rings. The first-order valence-corrected chi connectivity index (χ1v) is 6.69. The Morgan fingerprint density at radius 2 is 1.91 bits per heavy atom. The number of anilines is 2. The molecule has 2 aromatic carbocycles. The molecule has 2 aromatic rings. The van der Waals surface area contributed by atoms with Gasteiger partial charge in [-0.15, -0.1) is 0 Å². The lowest BCUT2D eigenvalue weighted by molar-refractivity contribution is -0.0956. The summed E-state index contributed by atoms with van der Waals surface area (Å²) in [6, 6.07) is 3.17. The summed E-state index contributed by atoms with van der Waals surface area (Å²) >= 11 is 6.10. The highest BCUT2D eigenvalue weighted by Crippen LogP contribution is 2.36. The highest BCUT2D eigenvalue weighted by atomic mass is 35.5. The topological polar surface area (TPSA) is 84.9 Å². The Balaban J connectivity index is 2.06. The highest BCUT2D eigenvalue weighted by Gasteiger charge is 2.33. The van der Waals surface area contributed by atoms with Gasteiger partial charge >= 0.3 is 0 Å². The van der Waals surface area contributed by atoms with Crippen LogP contribution >= 0.6 is 11.6 Å². The molecule has 1 N–H and O–H groups in total. The van der Waals surface area contributed by atoms with Crippen molar-refractivity contribution < 1.29 is 14.4 Å². The molecule has 0 atom stereocenters. The molecule has 0 fully saturated rings. The standard InChI is InChI=1S/C14H11ClN2O5/c1-21-13-10(11(18)12(13)19)16-8-4-3-7(15)6-5-17(22-2)14(20)9(6)8/h3-4,16H,5H2,1-2H3. The van der Waals surface area contributed by atoms with E-state index in [1.54, 1.807) is 12.1 Å². The molecule has 0 bridgehead atoms. The van der Waals surface area contributed by atoms with Gasteiger partial charge in [-0.05, 0) is 12.1 Å². The third-order valence-electron chi connectivity index (χ3n) is 3.55. The zero-order valence-electron chi connectivity index (χ0n) is 11.7. The molecule has 0 aliphatic carbocycles. The number of benzene rings is 1. The lowest BCUT2D eigenvalue weighted by Crippen LogP contribution is -2.34. The number of carbonyl (C=O) groups is 1. The van der Waals surface area contributed by atoms with E-state index >= 15 is 0 Å². The Kier molecular flexibility index (Phi) is 3.38. The van der Waals surface area contributed by atoms with Gasteiger partial charge in [-0.3, -0.25) is 19.2 Å². The van der Waals surface area contributed by atoms with Gasteiger partial charge in [0.05, 0.1) is 32.0 Å². The zero-order chi connectivity index (χ0) is 16.0. The molecule has 1 aliphatic heterocycles. The van der Waals surface area contributed by atoms with Crippen molar-refractivity contribution in [2.45, 2.75) is 6.54 Å². The molecule has 8 heteroatoms. The van der Waals surface area contributed by atoms with Crippen LogP contribution < -0.4 is 20.9 Å². The average Bonchev–Trinajstić information content (AvgIpc) is 2.87. The Bertz CT molecular complexity index is 854. The van der Waals surface area contributed by atoms with Gasteiger partial charge < -0.3 is 10.1 Å². The summed E-state index contributed by atoms with van der Waals surface area (Å²) < 4.78 is 4.87. The molecule has 0 spiro atoms. The SMILES string of the molecule is COc1c(Nc2ccc(Cl)c3c2C(=O)N(OC)C3)c(=O)c1=O. The Morgan fingerprint density at radius 1 is 1.18 bits per heavy atom. The molecule has 3 rings (SSSR count). The second-order valence-corrected chi connectivity index (χ2v) is 5.07. The van der Waals surface area contributed by atoms with Crippen molar-refractivity contribution in [3.63, 3.8) is 0 Å². The molecule has 7 nitrogen and oxygen atoms in total. The van der Waals surface area contributed by atoms with E-state index < -0.39 is 10.9 Å². The fourth-order valence-electron chi connectivity index (χ4n) is 2.43. The quantitative estimate of drug-likeness (QED) is 0.852. The number of hydroxylamine groups is 2. The van der Waals surface area contributed by atoms with Crippen LogP contribution in [0.15, 0.2) is 21.7 Å². The molecule has 1 amide bonds. The van der Waals surface area contributed by atoms with E-state index in [0.29, 0.717) is 21.8 Å². The number of amides is 1. The number of nitrogens with one attached hydrogen (secondary N) is 1. The smallest absolute Gasteiger partial charge is 0.280 e. The molecule has 0 saturated heterocycles. The van der Waals surface area contributed by atoms with Gasteiger partial charge in [0.25, 0.3) is 16.8 Å². The van der Waals surface area contributed by atoms with Gasteiger partial charge in [0.2, 0.25) is 0 Å². The molecule has 0 unspecified atom stereocenters. The van der Waals surface area contributed by atoms with Crippen LogP contribution in [0.25, 0.3) is 0 Å². The number of nitrogens with zero attached hydrogens (tertiary/aromatic N) is 1. The molecule has 114 valence electrons. The third kappa shape index (κ3) is 1.90. The van der Waals surface area contributed by atoms with Crippen LogP contribution in [-0.2, 0) is 11.4 Å². The third-order valence-corrected chi connectivity index (χ3v) is 3.90. The van der Waals surface area contributed by atoms with E-state index in [4.69, 9.17) is 21.2 Å². The Hall–Kier alpha value is -2.38. The molecule has 22 heavy (non-hydrogen) atoms. The Labute approximate surface area is 129 Å². The summed E-state index contributed by atoms with van der Waals surface area (Å²) in [7, 11) is 2.68. The lowest BCUT2D eigenvalue weighted by Gasteiger charge is -2.14. The van der Waals surface area contributed by atoms with Gasteiger partial charge in [0.1, 0.15) is 5.69 Å². The minimum absolute atomic E-state index is 0.0284. The zero-order valence-corrected chi connectivity index (χ0v) is 12.5. The number of methoxy groups -OCH3 is 1. The van der Waals surface area contributed by atoms with Gasteiger partial charge in [-0.1, -0.05) is 11.6 Å². The van der Waals surface area contributed by atoms with Crippen LogP contribution in [0.5, 0.6) is 5.75 Å². The molecule has 0 aromatic heterocycles. The predicted molar refractivity (Wildman–Crippen MR) is 79.5 cm³/mol. The van der Waals surface area contributed by atoms with Crippen molar-refractivity contribution in [3.8, 4) is 5.75 Å². The number of halogens is 1. The number of fused-ring (bicyclic) bond motifs is 1. The second kappa shape index (κ2) is 5.11. The predicted octanol–water partition coefficient (Wildman–Crippen LogP) is 1.21. The van der Waals surface area contributed by atoms with Crippen LogP contribution in [0.1, 0.15) is 15.9 Å². The highest BCUT2D eigenvalue weighted by molar-refractivity contribution is 6.32. The maximum Gasteiger partial charge on any atom is 0.280 e. The molecule has 0 radical (unpaired) electrons. The number of hydrogen-bond donors (Lipinski definition) is 1. The Morgan fingerprint density at radius 3 is 2.55 bits per heavy atom. The monoisotopic (exact) mass is 322 g/mol. The van der Waals surface area contributed by atoms with Crippen LogP contribution in [-0.4, -0.2) is 25.2 Å². The summed E-state index contributed by atoms with van der Waals surface area (Å²) in [4.78, 5) is 40.2. The molecule has 1 heterocycles. The summed E-state index contributed by atoms with van der Waals surface area (Å²) in [6.07, 6.45) is 0. The lowest BCUT2D eigenvalue weighted by atomic mass is 10.1. The largest absolute Gasteiger partial charge is 0.491 e. The van der Waals surface area contributed by atoms with Crippen molar-refractivity contribution in [1.29, 1.82) is 0 Å². The van der Waals surface area contributed by atoms with Gasteiger partial charge in [0, 0.05) is 10.6 Å². The first kappa shape index (κ1) is 14.6. The fraction of sp³-hybridized carbons (Fsp3) is 0.214. The summed E-state index contributed by atoms with van der Waals surface area (Å²) in [6.45, 7) is 0.210. The maximum absolute atomic E-state index is 12.3. The van der Waals surface area contributed by atoms with Crippen molar-refractivity contribution in [3.05, 3.63) is 48.7 Å². The molecule has 0 saturated carbocycles. The van der Waals surface area contributed by atoms with Crippen molar-refractivity contribution in [2.75, 3.05) is 19.5 Å². The van der Waals surface area contributed by atoms with Gasteiger partial charge in [0.15, 0.2) is 5.75 Å². The summed E-state index contributed by atoms with van der Waals surface area (Å²) in [5.41, 5.74) is -0.0780. The maximum atomic E-state index is 12.3. The minimum Gasteiger partial charge on any atom is -0.491 e. The minimum atomic E-state index is -0.694. The van der Waals surface area contributed by atoms with E-state index in [2.05, 4.69) is 5.32 Å². The molecular formula is C14H11ClN2O5. The van der Waals surface area contributed by atoms with Crippen molar-refractivity contribution >= 4 is 28.9 Å². The average molecular weight is 323 g/mol. The van der Waals surface area contributed by atoms with Gasteiger partial charge in [-0.25, -0.2) is 5.06 Å². The van der Waals surface area contributed by atoms with Gasteiger partial charge in [-0.2, -0.15) is 0 Å². The number of hydrogen-bond acceptors (Lipinski definition) is 6. The van der Waals surface area contributed by atoms with E-state index in [1.807, 2.05) is 0 Å². The van der Waals surface area contributed by atoms with Crippen molar-refractivity contribution in [2.24, 2.45) is 0 Å². The van der Waals surface area contributed by atoms with Crippen LogP contribution in [0.2, 0.25) is 5.02 Å². The van der Waals surface area contributed by atoms with Crippen molar-refractivity contribution in [1.82, 2.24) is 5.06 Å². The van der Waals surface area contributed by atoms with E-state index in [1.165, 1.54) is 14.2 Å². The van der Waals surface area contributed by atoms with Crippen LogP contribution in [0.3, 0.4) is 0 Å². The fourth-order valence-corrected chi connectivity index (χ4v) is 2.64.